The summed E-state index contributed by atoms with van der Waals surface area (Å²) in [7, 11) is 0. The Hall–Kier alpha value is -0.900. The molecule has 15 heavy (non-hydrogen) atoms. The van der Waals surface area contributed by atoms with Crippen molar-refractivity contribution in [2.45, 2.75) is 52.6 Å². The highest BCUT2D eigenvalue weighted by Crippen LogP contribution is 2.22. The number of nitrogens with two attached hydrogens (primary N) is 1. The molecule has 0 spiro atoms. The summed E-state index contributed by atoms with van der Waals surface area (Å²) in [5.74, 6) is 1.44. The van der Waals surface area contributed by atoms with Gasteiger partial charge in [-0.3, -0.25) is 4.68 Å². The smallest absolute Gasteiger partial charge is 0.138 e. The van der Waals surface area contributed by atoms with Gasteiger partial charge in [-0.05, 0) is 19.3 Å². The van der Waals surface area contributed by atoms with E-state index in [1.165, 1.54) is 0 Å². The Bertz CT molecular complexity index is 305. The molecule has 1 aromatic heterocycles. The van der Waals surface area contributed by atoms with E-state index in [4.69, 9.17) is 5.73 Å². The molecule has 0 saturated heterocycles. The molecule has 1 aromatic rings. The SMILES string of the molecule is CCn1ncnc1CC(N)(CC)C(C)C. The minimum atomic E-state index is -0.167. The molecule has 1 rings (SSSR count). The van der Waals surface area contributed by atoms with Crippen molar-refractivity contribution in [2.75, 3.05) is 0 Å². The second kappa shape index (κ2) is 4.75. The summed E-state index contributed by atoms with van der Waals surface area (Å²) in [6.07, 6.45) is 3.37. The molecule has 0 amide bonds. The first-order chi connectivity index (χ1) is 7.03. The summed E-state index contributed by atoms with van der Waals surface area (Å²) < 4.78 is 1.92. The predicted octanol–water partition coefficient (Wildman–Crippen LogP) is 1.60. The average molecular weight is 210 g/mol. The number of nitrogens with zero attached hydrogens (tertiary/aromatic N) is 3. The standard InChI is InChI=1S/C11H22N4/c1-5-11(12,9(3)4)7-10-13-8-14-15(10)6-2/h8-9H,5-7,12H2,1-4H3. The van der Waals surface area contributed by atoms with Gasteiger partial charge in [0.2, 0.25) is 0 Å². The summed E-state index contributed by atoms with van der Waals surface area (Å²) in [5.41, 5.74) is 6.21. The van der Waals surface area contributed by atoms with E-state index in [2.05, 4.69) is 37.8 Å². The number of hydrogen-bond acceptors (Lipinski definition) is 3. The van der Waals surface area contributed by atoms with Gasteiger partial charge in [-0.1, -0.05) is 20.8 Å². The lowest BCUT2D eigenvalue weighted by Crippen LogP contribution is -2.47. The Kier molecular flexibility index (Phi) is 3.85. The second-order valence-corrected chi connectivity index (χ2v) is 4.41. The fourth-order valence-corrected chi connectivity index (χ4v) is 1.72. The summed E-state index contributed by atoms with van der Waals surface area (Å²) in [6, 6.07) is 0. The lowest BCUT2D eigenvalue weighted by Gasteiger charge is -2.32. The zero-order chi connectivity index (χ0) is 11.5. The molecular formula is C11H22N4. The zero-order valence-electron chi connectivity index (χ0n) is 10.2. The average Bonchev–Trinajstić information content (AvgIpc) is 2.64. The Morgan fingerprint density at radius 1 is 1.47 bits per heavy atom. The van der Waals surface area contributed by atoms with Gasteiger partial charge in [0.25, 0.3) is 0 Å². The second-order valence-electron chi connectivity index (χ2n) is 4.41. The van der Waals surface area contributed by atoms with Crippen molar-refractivity contribution in [1.29, 1.82) is 0 Å². The van der Waals surface area contributed by atoms with Crippen LogP contribution in [0.1, 0.15) is 39.9 Å². The van der Waals surface area contributed by atoms with Crippen molar-refractivity contribution in [2.24, 2.45) is 11.7 Å². The van der Waals surface area contributed by atoms with E-state index in [-0.39, 0.29) is 5.54 Å². The van der Waals surface area contributed by atoms with Gasteiger partial charge in [0.15, 0.2) is 0 Å². The van der Waals surface area contributed by atoms with Gasteiger partial charge in [-0.25, -0.2) is 4.98 Å². The number of hydrogen-bond donors (Lipinski definition) is 1. The normalized spacial score (nSPS) is 15.6. The van der Waals surface area contributed by atoms with Gasteiger partial charge >= 0.3 is 0 Å². The third-order valence-electron chi connectivity index (χ3n) is 3.29. The quantitative estimate of drug-likeness (QED) is 0.803. The molecule has 0 fully saturated rings. The highest BCUT2D eigenvalue weighted by molar-refractivity contribution is 4.98. The van der Waals surface area contributed by atoms with Crippen molar-refractivity contribution >= 4 is 0 Å². The molecule has 0 aliphatic carbocycles. The maximum Gasteiger partial charge on any atom is 0.138 e. The Morgan fingerprint density at radius 3 is 2.60 bits per heavy atom. The minimum absolute atomic E-state index is 0.167. The lowest BCUT2D eigenvalue weighted by molar-refractivity contribution is 0.286. The molecule has 0 saturated carbocycles. The van der Waals surface area contributed by atoms with Crippen LogP contribution in [0.25, 0.3) is 0 Å². The molecular weight excluding hydrogens is 188 g/mol. The summed E-state index contributed by atoms with van der Waals surface area (Å²) in [4.78, 5) is 4.27. The maximum absolute atomic E-state index is 6.37. The van der Waals surface area contributed by atoms with Gasteiger partial charge in [-0.2, -0.15) is 5.10 Å². The molecule has 1 unspecified atom stereocenters. The van der Waals surface area contributed by atoms with E-state index in [9.17, 15) is 0 Å². The first kappa shape index (κ1) is 12.2. The van der Waals surface area contributed by atoms with Crippen LogP contribution in [0.5, 0.6) is 0 Å². The van der Waals surface area contributed by atoms with Gasteiger partial charge in [-0.15, -0.1) is 0 Å². The molecule has 0 aliphatic heterocycles. The van der Waals surface area contributed by atoms with Crippen LogP contribution in [-0.2, 0) is 13.0 Å². The fourth-order valence-electron chi connectivity index (χ4n) is 1.72. The molecule has 1 heterocycles. The van der Waals surface area contributed by atoms with E-state index in [0.29, 0.717) is 5.92 Å². The summed E-state index contributed by atoms with van der Waals surface area (Å²) >= 11 is 0. The maximum atomic E-state index is 6.37. The van der Waals surface area contributed by atoms with Crippen molar-refractivity contribution < 1.29 is 0 Å². The van der Waals surface area contributed by atoms with Crippen LogP contribution in [0.2, 0.25) is 0 Å². The van der Waals surface area contributed by atoms with Gasteiger partial charge < -0.3 is 5.73 Å². The highest BCUT2D eigenvalue weighted by atomic mass is 15.3. The van der Waals surface area contributed by atoms with Gasteiger partial charge in [0.1, 0.15) is 12.2 Å². The van der Waals surface area contributed by atoms with E-state index in [1.807, 2.05) is 4.68 Å². The molecule has 1 atom stereocenters. The molecule has 0 radical (unpaired) electrons. The molecule has 2 N–H and O–H groups in total. The third kappa shape index (κ3) is 2.56. The van der Waals surface area contributed by atoms with Crippen molar-refractivity contribution in [3.8, 4) is 0 Å². The van der Waals surface area contributed by atoms with Crippen molar-refractivity contribution in [3.63, 3.8) is 0 Å². The molecule has 4 nitrogen and oxygen atoms in total. The summed E-state index contributed by atoms with van der Waals surface area (Å²) in [6.45, 7) is 9.38. The third-order valence-corrected chi connectivity index (χ3v) is 3.29. The van der Waals surface area contributed by atoms with E-state index < -0.39 is 0 Å². The van der Waals surface area contributed by atoms with Crippen LogP contribution in [0, 0.1) is 5.92 Å². The van der Waals surface area contributed by atoms with Crippen LogP contribution in [-0.4, -0.2) is 20.3 Å². The van der Waals surface area contributed by atoms with Crippen LogP contribution in [0.3, 0.4) is 0 Å². The predicted molar refractivity (Wildman–Crippen MR) is 61.4 cm³/mol. The number of aryl methyl sites for hydroxylation is 1. The monoisotopic (exact) mass is 210 g/mol. The van der Waals surface area contributed by atoms with Crippen LogP contribution < -0.4 is 5.73 Å². The molecule has 0 aromatic carbocycles. The Balaban J connectivity index is 2.83. The first-order valence-corrected chi connectivity index (χ1v) is 5.69. The van der Waals surface area contributed by atoms with Gasteiger partial charge in [0, 0.05) is 18.5 Å². The van der Waals surface area contributed by atoms with Gasteiger partial charge in [0.05, 0.1) is 0 Å². The fraction of sp³-hybridized carbons (Fsp3) is 0.818. The first-order valence-electron chi connectivity index (χ1n) is 5.69. The zero-order valence-corrected chi connectivity index (χ0v) is 10.2. The highest BCUT2D eigenvalue weighted by Gasteiger charge is 2.29. The molecule has 0 aliphatic rings. The largest absolute Gasteiger partial charge is 0.324 e. The van der Waals surface area contributed by atoms with E-state index in [1.54, 1.807) is 6.33 Å². The molecule has 86 valence electrons. The van der Waals surface area contributed by atoms with Crippen LogP contribution in [0.15, 0.2) is 6.33 Å². The Morgan fingerprint density at radius 2 is 2.13 bits per heavy atom. The topological polar surface area (TPSA) is 56.7 Å². The molecule has 0 bridgehead atoms. The van der Waals surface area contributed by atoms with Crippen LogP contribution >= 0.6 is 0 Å². The van der Waals surface area contributed by atoms with E-state index >= 15 is 0 Å². The summed E-state index contributed by atoms with van der Waals surface area (Å²) in [5, 5.41) is 4.16. The number of rotatable bonds is 5. The Labute approximate surface area is 91.9 Å². The molecule has 4 heteroatoms. The van der Waals surface area contributed by atoms with E-state index in [0.717, 1.165) is 25.2 Å². The van der Waals surface area contributed by atoms with Crippen molar-refractivity contribution in [1.82, 2.24) is 14.8 Å². The number of aromatic nitrogens is 3. The minimum Gasteiger partial charge on any atom is -0.324 e. The van der Waals surface area contributed by atoms with Crippen molar-refractivity contribution in [3.05, 3.63) is 12.2 Å². The lowest BCUT2D eigenvalue weighted by atomic mass is 9.82. The van der Waals surface area contributed by atoms with Crippen LogP contribution in [0.4, 0.5) is 0 Å².